The fraction of sp³-hybridized carbons (Fsp3) is 0.526. The molecule has 0 aromatic heterocycles. The first-order valence-electron chi connectivity index (χ1n) is 9.03. The molecular formula is C19H25N3O4. The number of anilines is 1. The van der Waals surface area contributed by atoms with Crippen LogP contribution >= 0.6 is 0 Å². The average molecular weight is 359 g/mol. The second kappa shape index (κ2) is 7.35. The molecule has 7 nitrogen and oxygen atoms in total. The van der Waals surface area contributed by atoms with Gasteiger partial charge in [-0.2, -0.15) is 0 Å². The summed E-state index contributed by atoms with van der Waals surface area (Å²) in [6.45, 7) is 5.88. The fourth-order valence-electron chi connectivity index (χ4n) is 3.38. The third-order valence-corrected chi connectivity index (χ3v) is 5.01. The summed E-state index contributed by atoms with van der Waals surface area (Å²) in [5.74, 6) is 0.724. The normalized spacial score (nSPS) is 19.9. The van der Waals surface area contributed by atoms with Gasteiger partial charge in [0.25, 0.3) is 5.91 Å². The first-order valence-corrected chi connectivity index (χ1v) is 9.03. The summed E-state index contributed by atoms with van der Waals surface area (Å²) in [4.78, 5) is 41.6. The van der Waals surface area contributed by atoms with E-state index in [1.54, 1.807) is 23.8 Å². The number of carbonyl (C=O) groups is 3. The zero-order chi connectivity index (χ0) is 18.8. The van der Waals surface area contributed by atoms with E-state index in [2.05, 4.69) is 0 Å². The number of rotatable bonds is 3. The summed E-state index contributed by atoms with van der Waals surface area (Å²) in [7, 11) is 1.72. The van der Waals surface area contributed by atoms with Crippen molar-refractivity contribution < 1.29 is 19.1 Å². The van der Waals surface area contributed by atoms with Crippen LogP contribution in [0.15, 0.2) is 18.2 Å². The molecule has 26 heavy (non-hydrogen) atoms. The van der Waals surface area contributed by atoms with Crippen LogP contribution < -0.4 is 9.64 Å². The second-order valence-electron chi connectivity index (χ2n) is 6.75. The number of fused-ring (bicyclic) bond motifs is 1. The van der Waals surface area contributed by atoms with Gasteiger partial charge in [0.2, 0.25) is 11.8 Å². The zero-order valence-corrected chi connectivity index (χ0v) is 15.5. The number of carbonyl (C=O) groups excluding carboxylic acids is 3. The Hall–Kier alpha value is -2.57. The van der Waals surface area contributed by atoms with E-state index < -0.39 is 6.10 Å². The first-order chi connectivity index (χ1) is 12.4. The molecule has 3 rings (SSSR count). The quantitative estimate of drug-likeness (QED) is 0.809. The Balaban J connectivity index is 1.64. The molecule has 2 heterocycles. The van der Waals surface area contributed by atoms with Crippen molar-refractivity contribution in [3.63, 3.8) is 0 Å². The lowest BCUT2D eigenvalue weighted by atomic mass is 10.1. The van der Waals surface area contributed by atoms with Crippen molar-refractivity contribution in [2.45, 2.75) is 32.8 Å². The molecule has 0 aliphatic carbocycles. The van der Waals surface area contributed by atoms with Gasteiger partial charge in [-0.3, -0.25) is 14.4 Å². The smallest absolute Gasteiger partial charge is 0.267 e. The zero-order valence-electron chi connectivity index (χ0n) is 15.5. The minimum Gasteiger partial charge on any atom is -0.479 e. The molecule has 2 aliphatic rings. The molecule has 0 spiro atoms. The highest BCUT2D eigenvalue weighted by atomic mass is 16.5. The molecule has 1 aromatic rings. The van der Waals surface area contributed by atoms with Gasteiger partial charge in [-0.15, -0.1) is 0 Å². The molecule has 0 radical (unpaired) electrons. The molecular weight excluding hydrogens is 334 g/mol. The molecule has 1 saturated heterocycles. The van der Waals surface area contributed by atoms with Crippen LogP contribution in [0.1, 0.15) is 25.8 Å². The van der Waals surface area contributed by atoms with Gasteiger partial charge in [0.05, 0.1) is 12.1 Å². The van der Waals surface area contributed by atoms with Gasteiger partial charge in [0.15, 0.2) is 6.10 Å². The number of amides is 3. The standard InChI is InChI=1S/C19H25N3O4/c1-4-17(23)21-7-9-22(10-8-21)18(24)12-14-5-6-16-15(11-14)20(3)19(25)13(2)26-16/h5-6,11,13H,4,7-10,12H2,1-3H3. The number of nitrogens with zero attached hydrogens (tertiary/aromatic N) is 3. The summed E-state index contributed by atoms with van der Waals surface area (Å²) in [5.41, 5.74) is 1.54. The van der Waals surface area contributed by atoms with Crippen molar-refractivity contribution in [2.75, 3.05) is 38.1 Å². The lowest BCUT2D eigenvalue weighted by molar-refractivity contribution is -0.139. The maximum atomic E-state index is 12.6. The Morgan fingerprint density at radius 3 is 2.35 bits per heavy atom. The highest BCUT2D eigenvalue weighted by Crippen LogP contribution is 2.34. The molecule has 1 fully saturated rings. The van der Waals surface area contributed by atoms with Crippen molar-refractivity contribution in [2.24, 2.45) is 0 Å². The van der Waals surface area contributed by atoms with Crippen molar-refractivity contribution in [1.82, 2.24) is 9.80 Å². The molecule has 140 valence electrons. The maximum Gasteiger partial charge on any atom is 0.267 e. The van der Waals surface area contributed by atoms with Crippen molar-refractivity contribution in [3.05, 3.63) is 23.8 Å². The van der Waals surface area contributed by atoms with Crippen molar-refractivity contribution in [1.29, 1.82) is 0 Å². The van der Waals surface area contributed by atoms with Crippen LogP contribution in [0, 0.1) is 0 Å². The molecule has 1 unspecified atom stereocenters. The Kier molecular flexibility index (Phi) is 5.15. The Morgan fingerprint density at radius 2 is 1.73 bits per heavy atom. The Bertz CT molecular complexity index is 725. The number of piperazine rings is 1. The van der Waals surface area contributed by atoms with Crippen molar-refractivity contribution >= 4 is 23.4 Å². The lowest BCUT2D eigenvalue weighted by Gasteiger charge is -2.35. The number of hydrogen-bond acceptors (Lipinski definition) is 4. The lowest BCUT2D eigenvalue weighted by Crippen LogP contribution is -2.50. The number of hydrogen-bond donors (Lipinski definition) is 0. The van der Waals surface area contributed by atoms with E-state index in [1.165, 1.54) is 0 Å². The van der Waals surface area contributed by atoms with Crippen LogP contribution in [0.3, 0.4) is 0 Å². The van der Waals surface area contributed by atoms with Gasteiger partial charge in [-0.05, 0) is 24.6 Å². The summed E-state index contributed by atoms with van der Waals surface area (Å²) < 4.78 is 5.61. The van der Waals surface area contributed by atoms with E-state index in [-0.39, 0.29) is 24.1 Å². The van der Waals surface area contributed by atoms with E-state index in [0.717, 1.165) is 5.56 Å². The molecule has 7 heteroatoms. The summed E-state index contributed by atoms with van der Waals surface area (Å²) in [6.07, 6.45) is 0.268. The molecule has 0 saturated carbocycles. The first kappa shape index (κ1) is 18.2. The van der Waals surface area contributed by atoms with Crippen LogP contribution in [0.25, 0.3) is 0 Å². The van der Waals surface area contributed by atoms with Gasteiger partial charge in [0.1, 0.15) is 5.75 Å². The minimum atomic E-state index is -0.498. The van der Waals surface area contributed by atoms with Gasteiger partial charge >= 0.3 is 0 Å². The van der Waals surface area contributed by atoms with Gasteiger partial charge in [-0.25, -0.2) is 0 Å². The molecule has 0 bridgehead atoms. The molecule has 1 aromatic carbocycles. The number of likely N-dealkylation sites (N-methyl/N-ethyl adjacent to an activating group) is 1. The summed E-state index contributed by atoms with van der Waals surface area (Å²) in [6, 6.07) is 5.52. The van der Waals surface area contributed by atoms with Crippen LogP contribution in [-0.4, -0.2) is 66.9 Å². The molecule has 3 amide bonds. The van der Waals surface area contributed by atoms with Crippen LogP contribution in [0.2, 0.25) is 0 Å². The molecule has 2 aliphatic heterocycles. The van der Waals surface area contributed by atoms with Crippen LogP contribution in [0.4, 0.5) is 5.69 Å². The van der Waals surface area contributed by atoms with E-state index >= 15 is 0 Å². The monoisotopic (exact) mass is 359 g/mol. The van der Waals surface area contributed by atoms with Crippen molar-refractivity contribution in [3.8, 4) is 5.75 Å². The maximum absolute atomic E-state index is 12.6. The van der Waals surface area contributed by atoms with E-state index in [9.17, 15) is 14.4 Å². The SMILES string of the molecule is CCC(=O)N1CCN(C(=O)Cc2ccc3c(c2)N(C)C(=O)C(C)O3)CC1. The average Bonchev–Trinajstić information content (AvgIpc) is 2.66. The van der Waals surface area contributed by atoms with E-state index in [1.807, 2.05) is 30.0 Å². The predicted molar refractivity (Wildman–Crippen MR) is 97.1 cm³/mol. The third-order valence-electron chi connectivity index (χ3n) is 5.01. The van der Waals surface area contributed by atoms with Gasteiger partial charge in [-0.1, -0.05) is 13.0 Å². The van der Waals surface area contributed by atoms with E-state index in [4.69, 9.17) is 4.74 Å². The van der Waals surface area contributed by atoms with Gasteiger partial charge in [0, 0.05) is 39.6 Å². The van der Waals surface area contributed by atoms with Crippen LogP contribution in [0.5, 0.6) is 5.75 Å². The van der Waals surface area contributed by atoms with E-state index in [0.29, 0.717) is 44.0 Å². The molecule has 1 atom stereocenters. The minimum absolute atomic E-state index is 0.0348. The number of ether oxygens (including phenoxy) is 1. The van der Waals surface area contributed by atoms with Crippen LogP contribution in [-0.2, 0) is 20.8 Å². The highest BCUT2D eigenvalue weighted by Gasteiger charge is 2.29. The summed E-state index contributed by atoms with van der Waals surface area (Å²) in [5, 5.41) is 0. The predicted octanol–water partition coefficient (Wildman–Crippen LogP) is 1.05. The summed E-state index contributed by atoms with van der Waals surface area (Å²) >= 11 is 0. The second-order valence-corrected chi connectivity index (χ2v) is 6.75. The fourth-order valence-corrected chi connectivity index (χ4v) is 3.38. The highest BCUT2D eigenvalue weighted by molar-refractivity contribution is 5.99. The number of benzene rings is 1. The molecule has 0 N–H and O–H groups in total. The van der Waals surface area contributed by atoms with Gasteiger partial charge < -0.3 is 19.4 Å². The third kappa shape index (κ3) is 3.52. The Morgan fingerprint density at radius 1 is 1.12 bits per heavy atom. The largest absolute Gasteiger partial charge is 0.479 e. The topological polar surface area (TPSA) is 70.2 Å². The Labute approximate surface area is 153 Å².